The number of carbonyl (C=O) groups excluding carboxylic acids is 1. The summed E-state index contributed by atoms with van der Waals surface area (Å²) < 4.78 is 13.6. The van der Waals surface area contributed by atoms with Gasteiger partial charge in [-0.15, -0.1) is 11.8 Å². The van der Waals surface area contributed by atoms with Crippen LogP contribution in [0.4, 0.5) is 14.9 Å². The van der Waals surface area contributed by atoms with E-state index in [0.29, 0.717) is 23.4 Å². The third-order valence-electron chi connectivity index (χ3n) is 3.44. The molecule has 1 aromatic rings. The van der Waals surface area contributed by atoms with E-state index in [9.17, 15) is 14.3 Å². The highest BCUT2D eigenvalue weighted by Gasteiger charge is 2.20. The van der Waals surface area contributed by atoms with Crippen LogP contribution in [0.5, 0.6) is 0 Å². The Morgan fingerprint density at radius 2 is 2.05 bits per heavy atom. The molecular formula is C14H19FN2O2S. The van der Waals surface area contributed by atoms with Gasteiger partial charge in [0.05, 0.1) is 6.10 Å². The normalized spacial score (nSPS) is 22.4. The number of aliphatic hydroxyl groups excluding tert-OH is 1. The second kappa shape index (κ2) is 6.95. The third kappa shape index (κ3) is 4.11. The van der Waals surface area contributed by atoms with Crippen LogP contribution in [0.15, 0.2) is 23.1 Å². The molecule has 4 nitrogen and oxygen atoms in total. The lowest BCUT2D eigenvalue weighted by atomic mass is 9.93. The molecule has 0 unspecified atom stereocenters. The molecule has 0 aliphatic heterocycles. The van der Waals surface area contributed by atoms with Gasteiger partial charge in [-0.05, 0) is 50.1 Å². The highest BCUT2D eigenvalue weighted by molar-refractivity contribution is 7.98. The Bertz CT molecular complexity index is 476. The molecule has 1 aliphatic carbocycles. The molecular weight excluding hydrogens is 279 g/mol. The number of hydrogen-bond donors (Lipinski definition) is 3. The van der Waals surface area contributed by atoms with Crippen molar-refractivity contribution in [2.24, 2.45) is 0 Å². The second-order valence-electron chi connectivity index (χ2n) is 4.95. The van der Waals surface area contributed by atoms with Gasteiger partial charge in [0, 0.05) is 16.6 Å². The summed E-state index contributed by atoms with van der Waals surface area (Å²) in [6, 6.07) is 4.39. The monoisotopic (exact) mass is 298 g/mol. The molecule has 1 aliphatic rings. The molecule has 0 aromatic heterocycles. The lowest BCUT2D eigenvalue weighted by Gasteiger charge is -2.26. The second-order valence-corrected chi connectivity index (χ2v) is 5.80. The van der Waals surface area contributed by atoms with Crippen LogP contribution in [-0.4, -0.2) is 29.5 Å². The van der Waals surface area contributed by atoms with E-state index in [-0.39, 0.29) is 24.0 Å². The van der Waals surface area contributed by atoms with Crippen LogP contribution in [0.1, 0.15) is 25.7 Å². The molecule has 110 valence electrons. The van der Waals surface area contributed by atoms with Gasteiger partial charge in [-0.1, -0.05) is 0 Å². The van der Waals surface area contributed by atoms with Gasteiger partial charge in [0.1, 0.15) is 5.82 Å². The number of anilines is 1. The molecule has 2 amide bonds. The fourth-order valence-electron chi connectivity index (χ4n) is 2.32. The highest BCUT2D eigenvalue weighted by Crippen LogP contribution is 2.22. The van der Waals surface area contributed by atoms with Gasteiger partial charge < -0.3 is 15.7 Å². The van der Waals surface area contributed by atoms with Gasteiger partial charge in [-0.25, -0.2) is 9.18 Å². The molecule has 0 heterocycles. The summed E-state index contributed by atoms with van der Waals surface area (Å²) in [6.45, 7) is 0. The maximum atomic E-state index is 13.6. The van der Waals surface area contributed by atoms with Crippen LogP contribution in [-0.2, 0) is 0 Å². The maximum absolute atomic E-state index is 13.6. The summed E-state index contributed by atoms with van der Waals surface area (Å²) in [5, 5.41) is 14.9. The molecule has 6 heteroatoms. The molecule has 20 heavy (non-hydrogen) atoms. The van der Waals surface area contributed by atoms with E-state index >= 15 is 0 Å². The summed E-state index contributed by atoms with van der Waals surface area (Å²) in [5.41, 5.74) is 0.439. The number of halogens is 1. The summed E-state index contributed by atoms with van der Waals surface area (Å²) in [7, 11) is 0. The minimum absolute atomic E-state index is 0.0775. The van der Waals surface area contributed by atoms with E-state index in [1.807, 2.05) is 0 Å². The zero-order chi connectivity index (χ0) is 14.5. The van der Waals surface area contributed by atoms with Gasteiger partial charge in [0.15, 0.2) is 0 Å². The Balaban J connectivity index is 1.86. The molecule has 0 radical (unpaired) electrons. The number of rotatable bonds is 3. The zero-order valence-electron chi connectivity index (χ0n) is 11.4. The van der Waals surface area contributed by atoms with Crippen molar-refractivity contribution in [1.82, 2.24) is 5.32 Å². The van der Waals surface area contributed by atoms with Gasteiger partial charge in [0.25, 0.3) is 0 Å². The maximum Gasteiger partial charge on any atom is 0.319 e. The van der Waals surface area contributed by atoms with Crippen LogP contribution in [0.2, 0.25) is 0 Å². The van der Waals surface area contributed by atoms with Crippen LogP contribution in [0, 0.1) is 5.82 Å². The van der Waals surface area contributed by atoms with Crippen molar-refractivity contribution < 1.29 is 14.3 Å². The first-order chi connectivity index (χ1) is 9.58. The van der Waals surface area contributed by atoms with Crippen molar-refractivity contribution in [2.75, 3.05) is 11.6 Å². The van der Waals surface area contributed by atoms with Gasteiger partial charge in [0.2, 0.25) is 0 Å². The minimum Gasteiger partial charge on any atom is -0.393 e. The van der Waals surface area contributed by atoms with Crippen LogP contribution in [0.25, 0.3) is 0 Å². The Hall–Kier alpha value is -1.27. The highest BCUT2D eigenvalue weighted by atomic mass is 32.2. The Morgan fingerprint density at radius 3 is 2.65 bits per heavy atom. The van der Waals surface area contributed by atoms with E-state index in [2.05, 4.69) is 10.6 Å². The van der Waals surface area contributed by atoms with Crippen LogP contribution in [0.3, 0.4) is 0 Å². The fraction of sp³-hybridized carbons (Fsp3) is 0.500. The van der Waals surface area contributed by atoms with Crippen molar-refractivity contribution >= 4 is 23.5 Å². The number of nitrogens with one attached hydrogen (secondary N) is 2. The molecule has 3 N–H and O–H groups in total. The number of urea groups is 1. The largest absolute Gasteiger partial charge is 0.393 e. The van der Waals surface area contributed by atoms with Crippen LogP contribution >= 0.6 is 11.8 Å². The van der Waals surface area contributed by atoms with Gasteiger partial charge in [-0.3, -0.25) is 0 Å². The van der Waals surface area contributed by atoms with Crippen LogP contribution < -0.4 is 10.6 Å². The molecule has 0 bridgehead atoms. The molecule has 1 saturated carbocycles. The minimum atomic E-state index is -0.337. The summed E-state index contributed by atoms with van der Waals surface area (Å²) in [4.78, 5) is 12.4. The Morgan fingerprint density at radius 1 is 1.35 bits per heavy atom. The number of thioether (sulfide) groups is 1. The predicted molar refractivity (Wildman–Crippen MR) is 78.6 cm³/mol. The number of carbonyl (C=O) groups is 1. The topological polar surface area (TPSA) is 61.4 Å². The molecule has 1 aromatic carbocycles. The third-order valence-corrected chi connectivity index (χ3v) is 4.21. The number of amides is 2. The van der Waals surface area contributed by atoms with Crippen molar-refractivity contribution in [3.8, 4) is 0 Å². The van der Waals surface area contributed by atoms with Gasteiger partial charge >= 0.3 is 6.03 Å². The van der Waals surface area contributed by atoms with Crippen molar-refractivity contribution in [1.29, 1.82) is 0 Å². The van der Waals surface area contributed by atoms with E-state index in [1.165, 1.54) is 17.8 Å². The molecule has 0 atom stereocenters. The smallest absolute Gasteiger partial charge is 0.319 e. The first kappa shape index (κ1) is 15.1. The Labute approximate surface area is 122 Å². The van der Waals surface area contributed by atoms with Gasteiger partial charge in [-0.2, -0.15) is 0 Å². The Kier molecular flexibility index (Phi) is 5.25. The summed E-state index contributed by atoms with van der Waals surface area (Å²) >= 11 is 1.32. The molecule has 0 spiro atoms. The molecule has 1 fully saturated rings. The first-order valence-electron chi connectivity index (χ1n) is 6.67. The number of benzene rings is 1. The van der Waals surface area contributed by atoms with E-state index < -0.39 is 0 Å². The predicted octanol–water partition coefficient (Wildman–Crippen LogP) is 2.97. The fourth-order valence-corrected chi connectivity index (χ4v) is 2.77. The average molecular weight is 298 g/mol. The molecule has 0 saturated heterocycles. The quantitative estimate of drug-likeness (QED) is 0.752. The SMILES string of the molecule is CSc1ccc(NC(=O)NC2CCC(O)CC2)cc1F. The van der Waals surface area contributed by atoms with Crippen molar-refractivity contribution in [2.45, 2.75) is 42.7 Å². The lowest BCUT2D eigenvalue weighted by Crippen LogP contribution is -2.40. The lowest BCUT2D eigenvalue weighted by molar-refractivity contribution is 0.118. The zero-order valence-corrected chi connectivity index (χ0v) is 12.2. The van der Waals surface area contributed by atoms with E-state index in [1.54, 1.807) is 18.4 Å². The van der Waals surface area contributed by atoms with E-state index in [0.717, 1.165) is 12.8 Å². The summed E-state index contributed by atoms with van der Waals surface area (Å²) in [5.74, 6) is -0.337. The van der Waals surface area contributed by atoms with Crippen molar-refractivity contribution in [3.05, 3.63) is 24.0 Å². The van der Waals surface area contributed by atoms with E-state index in [4.69, 9.17) is 0 Å². The number of hydrogen-bond acceptors (Lipinski definition) is 3. The van der Waals surface area contributed by atoms with Crippen molar-refractivity contribution in [3.63, 3.8) is 0 Å². The molecule has 2 rings (SSSR count). The summed E-state index contributed by atoms with van der Waals surface area (Å²) in [6.07, 6.45) is 4.52. The standard InChI is InChI=1S/C14H19FN2O2S/c1-20-13-7-4-10(8-12(13)15)17-14(19)16-9-2-5-11(18)6-3-9/h4,7-9,11,18H,2-3,5-6H2,1H3,(H2,16,17,19). The first-order valence-corrected chi connectivity index (χ1v) is 7.90. The average Bonchev–Trinajstić information content (AvgIpc) is 2.41. The number of aliphatic hydroxyl groups is 1.